The number of hydrogen-bond donors (Lipinski definition) is 2. The van der Waals surface area contributed by atoms with Crippen LogP contribution in [0.4, 0.5) is 5.82 Å². The topological polar surface area (TPSA) is 104 Å². The van der Waals surface area contributed by atoms with Crippen molar-refractivity contribution in [2.75, 3.05) is 5.73 Å². The summed E-state index contributed by atoms with van der Waals surface area (Å²) in [7, 11) is 0. The van der Waals surface area contributed by atoms with Gasteiger partial charge in [0.2, 0.25) is 11.6 Å². The van der Waals surface area contributed by atoms with Gasteiger partial charge in [-0.15, -0.1) is 0 Å². The SMILES string of the molecule is [C-]#[N+]/C(=C\c1cccc(-n2cc(-c3ccc(Cl)cc3)c3c(N)ncnc32)c1)C(N)=O. The highest BCUT2D eigenvalue weighted by Gasteiger charge is 2.16. The second kappa shape index (κ2) is 7.70. The van der Waals surface area contributed by atoms with Crippen molar-refractivity contribution in [3.8, 4) is 16.8 Å². The second-order valence-electron chi connectivity index (χ2n) is 6.48. The van der Waals surface area contributed by atoms with E-state index in [-0.39, 0.29) is 5.70 Å². The Bertz CT molecular complexity index is 1350. The van der Waals surface area contributed by atoms with Gasteiger partial charge >= 0.3 is 0 Å². The van der Waals surface area contributed by atoms with Gasteiger partial charge in [-0.05, 0) is 41.5 Å². The summed E-state index contributed by atoms with van der Waals surface area (Å²) in [5, 5.41) is 1.36. The van der Waals surface area contributed by atoms with Crippen molar-refractivity contribution in [2.45, 2.75) is 0 Å². The highest BCUT2D eigenvalue weighted by atomic mass is 35.5. The molecule has 4 aromatic rings. The lowest BCUT2D eigenvalue weighted by Crippen LogP contribution is -2.11. The van der Waals surface area contributed by atoms with E-state index < -0.39 is 5.91 Å². The van der Waals surface area contributed by atoms with E-state index in [4.69, 9.17) is 29.6 Å². The van der Waals surface area contributed by atoms with Crippen LogP contribution in [-0.2, 0) is 4.79 Å². The van der Waals surface area contributed by atoms with Gasteiger partial charge in [-0.3, -0.25) is 4.79 Å². The predicted octanol–water partition coefficient (Wildman–Crippen LogP) is 4.07. The summed E-state index contributed by atoms with van der Waals surface area (Å²) in [5.74, 6) is -0.406. The van der Waals surface area contributed by atoms with Crippen molar-refractivity contribution < 1.29 is 4.79 Å². The van der Waals surface area contributed by atoms with Crippen LogP contribution in [0.3, 0.4) is 0 Å². The number of nitrogens with zero attached hydrogens (tertiary/aromatic N) is 4. The Hall–Kier alpha value is -4.15. The van der Waals surface area contributed by atoms with E-state index in [0.717, 1.165) is 22.2 Å². The molecule has 1 amide bonds. The fourth-order valence-electron chi connectivity index (χ4n) is 3.21. The predicted molar refractivity (Wildman–Crippen MR) is 117 cm³/mol. The third-order valence-electron chi connectivity index (χ3n) is 4.59. The molecular weight excluding hydrogens is 400 g/mol. The highest BCUT2D eigenvalue weighted by Crippen LogP contribution is 2.34. The number of aromatic nitrogens is 3. The minimum atomic E-state index is -0.771. The molecule has 2 heterocycles. The van der Waals surface area contributed by atoms with Gasteiger partial charge in [0.1, 0.15) is 12.1 Å². The molecule has 30 heavy (non-hydrogen) atoms. The number of rotatable bonds is 4. The first-order chi connectivity index (χ1) is 14.5. The Kier molecular flexibility index (Phi) is 4.92. The van der Waals surface area contributed by atoms with Crippen molar-refractivity contribution in [2.24, 2.45) is 5.73 Å². The van der Waals surface area contributed by atoms with Gasteiger partial charge in [-0.25, -0.2) is 14.8 Å². The number of primary amides is 1. The summed E-state index contributed by atoms with van der Waals surface area (Å²) in [6.07, 6.45) is 4.79. The number of anilines is 1. The van der Waals surface area contributed by atoms with E-state index in [0.29, 0.717) is 22.1 Å². The number of carbonyl (C=O) groups is 1. The Morgan fingerprint density at radius 2 is 1.93 bits per heavy atom. The van der Waals surface area contributed by atoms with Crippen LogP contribution >= 0.6 is 11.6 Å². The zero-order chi connectivity index (χ0) is 21.3. The van der Waals surface area contributed by atoms with Crippen molar-refractivity contribution >= 4 is 40.4 Å². The maximum atomic E-state index is 11.4. The van der Waals surface area contributed by atoms with Crippen LogP contribution in [0, 0.1) is 6.57 Å². The lowest BCUT2D eigenvalue weighted by molar-refractivity contribution is -0.114. The maximum absolute atomic E-state index is 11.4. The Morgan fingerprint density at radius 1 is 1.17 bits per heavy atom. The fraction of sp³-hybridized carbons (Fsp3) is 0. The van der Waals surface area contributed by atoms with Gasteiger partial charge in [0.15, 0.2) is 5.65 Å². The number of amides is 1. The average Bonchev–Trinajstić information content (AvgIpc) is 3.13. The third-order valence-corrected chi connectivity index (χ3v) is 4.84. The highest BCUT2D eigenvalue weighted by molar-refractivity contribution is 6.30. The summed E-state index contributed by atoms with van der Waals surface area (Å²) in [5.41, 5.74) is 15.1. The molecule has 4 rings (SSSR count). The fourth-order valence-corrected chi connectivity index (χ4v) is 3.34. The van der Waals surface area contributed by atoms with E-state index in [1.165, 1.54) is 12.4 Å². The summed E-state index contributed by atoms with van der Waals surface area (Å²) in [4.78, 5) is 23.1. The Labute approximate surface area is 177 Å². The molecular formula is C22H15ClN6O. The molecule has 2 aromatic carbocycles. The first kappa shape index (κ1) is 19.2. The van der Waals surface area contributed by atoms with Gasteiger partial charge in [0.05, 0.1) is 12.0 Å². The van der Waals surface area contributed by atoms with Gasteiger partial charge in [0.25, 0.3) is 0 Å². The molecule has 7 nitrogen and oxygen atoms in total. The molecule has 0 atom stereocenters. The van der Waals surface area contributed by atoms with E-state index in [9.17, 15) is 4.79 Å². The van der Waals surface area contributed by atoms with Gasteiger partial charge < -0.3 is 16.0 Å². The second-order valence-corrected chi connectivity index (χ2v) is 6.91. The average molecular weight is 415 g/mol. The van der Waals surface area contributed by atoms with Crippen LogP contribution in [-0.4, -0.2) is 20.4 Å². The third kappa shape index (κ3) is 3.48. The van der Waals surface area contributed by atoms with Crippen LogP contribution in [0.2, 0.25) is 5.02 Å². The number of nitrogens with two attached hydrogens (primary N) is 2. The van der Waals surface area contributed by atoms with Gasteiger partial charge in [0, 0.05) is 22.5 Å². The smallest absolute Gasteiger partial charge is 0.250 e. The normalized spacial score (nSPS) is 11.4. The molecule has 2 aromatic heterocycles. The maximum Gasteiger partial charge on any atom is 0.250 e. The van der Waals surface area contributed by atoms with Crippen LogP contribution in [0.25, 0.3) is 38.8 Å². The first-order valence-corrected chi connectivity index (χ1v) is 9.22. The minimum absolute atomic E-state index is 0.141. The Balaban J connectivity index is 1.92. The number of fused-ring (bicyclic) bond motifs is 1. The molecule has 0 spiro atoms. The van der Waals surface area contributed by atoms with Gasteiger partial charge in [-0.1, -0.05) is 35.9 Å². The number of nitrogen functional groups attached to an aromatic ring is 1. The molecule has 0 saturated carbocycles. The molecule has 0 radical (unpaired) electrons. The molecule has 0 saturated heterocycles. The molecule has 146 valence electrons. The lowest BCUT2D eigenvalue weighted by atomic mass is 10.1. The quantitative estimate of drug-likeness (QED) is 0.388. The molecule has 0 bridgehead atoms. The van der Waals surface area contributed by atoms with E-state index in [1.54, 1.807) is 18.2 Å². The first-order valence-electron chi connectivity index (χ1n) is 8.85. The minimum Gasteiger partial charge on any atom is -0.383 e. The zero-order valence-electron chi connectivity index (χ0n) is 15.6. The standard InChI is InChI=1S/C22H15ClN6O/c1-26-18(21(25)30)10-13-3-2-4-16(9-13)29-11-17(14-5-7-15(23)8-6-14)19-20(24)27-12-28-22(19)29/h2-12H,(H2,25,30)(H2,24,27,28)/b18-10-. The van der Waals surface area contributed by atoms with Crippen LogP contribution in [0.5, 0.6) is 0 Å². The molecule has 8 heteroatoms. The van der Waals surface area contributed by atoms with Crippen LogP contribution < -0.4 is 11.5 Å². The van der Waals surface area contributed by atoms with Crippen molar-refractivity contribution in [3.05, 3.63) is 88.8 Å². The summed E-state index contributed by atoms with van der Waals surface area (Å²) in [6, 6.07) is 14.8. The number of halogens is 1. The van der Waals surface area contributed by atoms with Crippen molar-refractivity contribution in [1.82, 2.24) is 14.5 Å². The van der Waals surface area contributed by atoms with Crippen molar-refractivity contribution in [1.29, 1.82) is 0 Å². The summed E-state index contributed by atoms with van der Waals surface area (Å²) >= 11 is 6.03. The van der Waals surface area contributed by atoms with E-state index in [1.807, 2.05) is 41.1 Å². The number of hydrogen-bond acceptors (Lipinski definition) is 4. The molecule has 0 aliphatic heterocycles. The molecule has 4 N–H and O–H groups in total. The summed E-state index contributed by atoms with van der Waals surface area (Å²) < 4.78 is 1.89. The van der Waals surface area contributed by atoms with E-state index in [2.05, 4.69) is 14.8 Å². The lowest BCUT2D eigenvalue weighted by Gasteiger charge is -2.06. The summed E-state index contributed by atoms with van der Waals surface area (Å²) in [6.45, 7) is 7.11. The molecule has 0 fully saturated rings. The Morgan fingerprint density at radius 3 is 2.63 bits per heavy atom. The monoisotopic (exact) mass is 414 g/mol. The van der Waals surface area contributed by atoms with Crippen LogP contribution in [0.15, 0.2) is 66.8 Å². The van der Waals surface area contributed by atoms with Crippen molar-refractivity contribution in [3.63, 3.8) is 0 Å². The molecule has 0 aliphatic carbocycles. The zero-order valence-corrected chi connectivity index (χ0v) is 16.3. The van der Waals surface area contributed by atoms with Gasteiger partial charge in [-0.2, -0.15) is 0 Å². The largest absolute Gasteiger partial charge is 0.383 e. The number of benzene rings is 2. The van der Waals surface area contributed by atoms with Crippen LogP contribution in [0.1, 0.15) is 5.56 Å². The molecule has 0 aliphatic rings. The molecule has 0 unspecified atom stereocenters. The number of carbonyl (C=O) groups excluding carboxylic acids is 1. The van der Waals surface area contributed by atoms with E-state index >= 15 is 0 Å².